The van der Waals surface area contributed by atoms with Gasteiger partial charge in [-0.05, 0) is 50.7 Å². The van der Waals surface area contributed by atoms with Gasteiger partial charge in [-0.3, -0.25) is 0 Å². The summed E-state index contributed by atoms with van der Waals surface area (Å²) in [6, 6.07) is 4.10. The molecule has 0 bridgehead atoms. The number of aromatic nitrogens is 1. The Morgan fingerprint density at radius 1 is 1.53 bits per heavy atom. The van der Waals surface area contributed by atoms with Crippen molar-refractivity contribution in [3.63, 3.8) is 0 Å². The molecule has 1 saturated heterocycles. The molecule has 0 amide bonds. The Kier molecular flexibility index (Phi) is 4.75. The lowest BCUT2D eigenvalue weighted by Gasteiger charge is -2.22. The highest BCUT2D eigenvalue weighted by molar-refractivity contribution is 5.53. The SMILES string of the molecule is Cc1cc(C#N)c(NCC[C@@H]2CCCOC2)nc1C. The van der Waals surface area contributed by atoms with Crippen molar-refractivity contribution in [2.45, 2.75) is 33.1 Å². The first kappa shape index (κ1) is 13.8. The number of hydrogen-bond acceptors (Lipinski definition) is 4. The van der Waals surface area contributed by atoms with Crippen LogP contribution in [-0.4, -0.2) is 24.7 Å². The highest BCUT2D eigenvalue weighted by Gasteiger charge is 2.14. The summed E-state index contributed by atoms with van der Waals surface area (Å²) in [5.74, 6) is 1.35. The largest absolute Gasteiger partial charge is 0.381 e. The molecule has 0 unspecified atom stereocenters. The normalized spacial score (nSPS) is 18.9. The Labute approximate surface area is 114 Å². The van der Waals surface area contributed by atoms with Crippen LogP contribution < -0.4 is 5.32 Å². The molecule has 4 heteroatoms. The number of hydrogen-bond donors (Lipinski definition) is 1. The lowest BCUT2D eigenvalue weighted by molar-refractivity contribution is 0.0530. The van der Waals surface area contributed by atoms with Gasteiger partial charge in [-0.25, -0.2) is 4.98 Å². The van der Waals surface area contributed by atoms with Crippen LogP contribution >= 0.6 is 0 Å². The zero-order valence-electron chi connectivity index (χ0n) is 11.7. The average molecular weight is 259 g/mol. The fourth-order valence-corrected chi connectivity index (χ4v) is 2.36. The molecule has 0 aromatic carbocycles. The molecule has 1 atom stereocenters. The molecule has 4 nitrogen and oxygen atoms in total. The Bertz CT molecular complexity index is 473. The van der Waals surface area contributed by atoms with Gasteiger partial charge >= 0.3 is 0 Å². The maximum atomic E-state index is 9.13. The lowest BCUT2D eigenvalue weighted by Crippen LogP contribution is -2.20. The molecule has 2 rings (SSSR count). The fraction of sp³-hybridized carbons (Fsp3) is 0.600. The van der Waals surface area contributed by atoms with Gasteiger partial charge in [0.1, 0.15) is 11.9 Å². The number of pyridine rings is 1. The molecule has 1 aliphatic rings. The average Bonchev–Trinajstić information content (AvgIpc) is 2.43. The van der Waals surface area contributed by atoms with Gasteiger partial charge in [-0.1, -0.05) is 0 Å². The lowest BCUT2D eigenvalue weighted by atomic mass is 9.99. The number of nitriles is 1. The van der Waals surface area contributed by atoms with Crippen LogP contribution in [0.3, 0.4) is 0 Å². The van der Waals surface area contributed by atoms with Crippen molar-refractivity contribution in [3.05, 3.63) is 22.9 Å². The van der Waals surface area contributed by atoms with E-state index in [9.17, 15) is 0 Å². The smallest absolute Gasteiger partial charge is 0.144 e. The monoisotopic (exact) mass is 259 g/mol. The van der Waals surface area contributed by atoms with E-state index in [-0.39, 0.29) is 0 Å². The highest BCUT2D eigenvalue weighted by atomic mass is 16.5. The van der Waals surface area contributed by atoms with Crippen LogP contribution in [0.15, 0.2) is 6.07 Å². The van der Waals surface area contributed by atoms with E-state index >= 15 is 0 Å². The Morgan fingerprint density at radius 3 is 3.05 bits per heavy atom. The molecule has 102 valence electrons. The maximum Gasteiger partial charge on any atom is 0.144 e. The van der Waals surface area contributed by atoms with Crippen molar-refractivity contribution >= 4 is 5.82 Å². The minimum Gasteiger partial charge on any atom is -0.381 e. The second kappa shape index (κ2) is 6.53. The third-order valence-corrected chi connectivity index (χ3v) is 3.69. The van der Waals surface area contributed by atoms with E-state index in [1.165, 1.54) is 6.42 Å². The summed E-state index contributed by atoms with van der Waals surface area (Å²) in [5, 5.41) is 12.4. The highest BCUT2D eigenvalue weighted by Crippen LogP contribution is 2.19. The van der Waals surface area contributed by atoms with Gasteiger partial charge in [-0.15, -0.1) is 0 Å². The second-order valence-corrected chi connectivity index (χ2v) is 5.20. The topological polar surface area (TPSA) is 57.9 Å². The fourth-order valence-electron chi connectivity index (χ4n) is 2.36. The van der Waals surface area contributed by atoms with E-state index in [1.807, 2.05) is 19.9 Å². The van der Waals surface area contributed by atoms with Crippen molar-refractivity contribution in [1.82, 2.24) is 4.98 Å². The summed E-state index contributed by atoms with van der Waals surface area (Å²) in [5.41, 5.74) is 2.66. The molecule has 0 saturated carbocycles. The predicted molar refractivity (Wildman–Crippen MR) is 75.1 cm³/mol. The Morgan fingerprint density at radius 2 is 2.37 bits per heavy atom. The molecular formula is C15H21N3O. The van der Waals surface area contributed by atoms with Crippen LogP contribution in [0.2, 0.25) is 0 Å². The minimum atomic E-state index is 0.628. The minimum absolute atomic E-state index is 0.628. The standard InChI is InChI=1S/C15H21N3O/c1-11-8-14(9-16)15(18-12(11)2)17-6-5-13-4-3-7-19-10-13/h8,13H,3-7,10H2,1-2H3,(H,17,18)/t13-/m0/s1. The van der Waals surface area contributed by atoms with E-state index in [0.717, 1.165) is 43.9 Å². The van der Waals surface area contributed by atoms with E-state index in [2.05, 4.69) is 16.4 Å². The zero-order chi connectivity index (χ0) is 13.7. The molecule has 0 radical (unpaired) electrons. The summed E-state index contributed by atoms with van der Waals surface area (Å²) in [4.78, 5) is 4.46. The van der Waals surface area contributed by atoms with Gasteiger partial charge in [0.2, 0.25) is 0 Å². The van der Waals surface area contributed by atoms with Crippen LogP contribution in [0.4, 0.5) is 5.82 Å². The molecule has 0 aliphatic carbocycles. The number of nitrogens with zero attached hydrogens (tertiary/aromatic N) is 2. The summed E-state index contributed by atoms with van der Waals surface area (Å²) in [6.07, 6.45) is 3.47. The maximum absolute atomic E-state index is 9.13. The predicted octanol–water partition coefficient (Wildman–Crippen LogP) is 2.80. The first-order chi connectivity index (χ1) is 9.20. The van der Waals surface area contributed by atoms with Crippen LogP contribution in [0, 0.1) is 31.1 Å². The quantitative estimate of drug-likeness (QED) is 0.903. The Balaban J connectivity index is 1.92. The van der Waals surface area contributed by atoms with Gasteiger partial charge in [0.25, 0.3) is 0 Å². The molecule has 1 aromatic heterocycles. The van der Waals surface area contributed by atoms with E-state index in [4.69, 9.17) is 10.00 Å². The van der Waals surface area contributed by atoms with Crippen molar-refractivity contribution < 1.29 is 4.74 Å². The number of ether oxygens (including phenoxy) is 1. The second-order valence-electron chi connectivity index (χ2n) is 5.20. The van der Waals surface area contributed by atoms with Crippen molar-refractivity contribution in [2.75, 3.05) is 25.1 Å². The van der Waals surface area contributed by atoms with Crippen LogP contribution in [0.1, 0.15) is 36.1 Å². The van der Waals surface area contributed by atoms with Crippen LogP contribution in [-0.2, 0) is 4.74 Å². The van der Waals surface area contributed by atoms with Crippen LogP contribution in [0.25, 0.3) is 0 Å². The van der Waals surface area contributed by atoms with Crippen molar-refractivity contribution in [1.29, 1.82) is 5.26 Å². The molecule has 1 fully saturated rings. The van der Waals surface area contributed by atoms with E-state index in [1.54, 1.807) is 0 Å². The molecule has 19 heavy (non-hydrogen) atoms. The number of anilines is 1. The Hall–Kier alpha value is -1.60. The summed E-state index contributed by atoms with van der Waals surface area (Å²) >= 11 is 0. The van der Waals surface area contributed by atoms with Gasteiger partial charge in [0, 0.05) is 25.5 Å². The van der Waals surface area contributed by atoms with Crippen molar-refractivity contribution in [2.24, 2.45) is 5.92 Å². The zero-order valence-corrected chi connectivity index (χ0v) is 11.7. The number of rotatable bonds is 4. The molecule has 1 aromatic rings. The first-order valence-electron chi connectivity index (χ1n) is 6.90. The van der Waals surface area contributed by atoms with Crippen LogP contribution in [0.5, 0.6) is 0 Å². The third kappa shape index (κ3) is 3.68. The van der Waals surface area contributed by atoms with E-state index < -0.39 is 0 Å². The summed E-state index contributed by atoms with van der Waals surface area (Å²) < 4.78 is 5.47. The summed E-state index contributed by atoms with van der Waals surface area (Å²) in [6.45, 7) is 6.57. The molecule has 0 spiro atoms. The molecule has 1 aliphatic heterocycles. The number of aryl methyl sites for hydroxylation is 2. The molecule has 2 heterocycles. The van der Waals surface area contributed by atoms with Gasteiger partial charge in [0.05, 0.1) is 5.56 Å². The third-order valence-electron chi connectivity index (χ3n) is 3.69. The first-order valence-corrected chi connectivity index (χ1v) is 6.90. The molecule has 1 N–H and O–H groups in total. The van der Waals surface area contributed by atoms with E-state index in [0.29, 0.717) is 17.3 Å². The van der Waals surface area contributed by atoms with Gasteiger partial charge in [-0.2, -0.15) is 5.26 Å². The van der Waals surface area contributed by atoms with Crippen molar-refractivity contribution in [3.8, 4) is 6.07 Å². The molecular weight excluding hydrogens is 238 g/mol. The van der Waals surface area contributed by atoms with Gasteiger partial charge in [0.15, 0.2) is 0 Å². The number of nitrogens with one attached hydrogen (secondary N) is 1. The van der Waals surface area contributed by atoms with Gasteiger partial charge < -0.3 is 10.1 Å². The summed E-state index contributed by atoms with van der Waals surface area (Å²) in [7, 11) is 0.